The van der Waals surface area contributed by atoms with Gasteiger partial charge in [0.15, 0.2) is 0 Å². The first-order valence-corrected chi connectivity index (χ1v) is 8.49. The van der Waals surface area contributed by atoms with Crippen LogP contribution in [-0.4, -0.2) is 0 Å². The highest BCUT2D eigenvalue weighted by atomic mass is 14.8. The molecule has 1 aromatic carbocycles. The van der Waals surface area contributed by atoms with E-state index in [4.69, 9.17) is 5.73 Å². The van der Waals surface area contributed by atoms with Gasteiger partial charge in [0.2, 0.25) is 0 Å². The van der Waals surface area contributed by atoms with Crippen molar-refractivity contribution in [2.24, 2.45) is 17.6 Å². The summed E-state index contributed by atoms with van der Waals surface area (Å²) in [6.45, 7) is 9.14. The molecule has 1 rings (SSSR count). The van der Waals surface area contributed by atoms with Gasteiger partial charge < -0.3 is 5.73 Å². The largest absolute Gasteiger partial charge is 0.321 e. The highest BCUT2D eigenvalue weighted by Crippen LogP contribution is 2.42. The Hall–Kier alpha value is -0.820. The average molecular weight is 275 g/mol. The van der Waals surface area contributed by atoms with Gasteiger partial charge in [0.05, 0.1) is 0 Å². The Bertz CT molecular complexity index is 343. The minimum atomic E-state index is -0.170. The van der Waals surface area contributed by atoms with Gasteiger partial charge in [0, 0.05) is 5.54 Å². The van der Waals surface area contributed by atoms with Gasteiger partial charge >= 0.3 is 0 Å². The molecule has 1 nitrogen and oxygen atoms in total. The van der Waals surface area contributed by atoms with Crippen molar-refractivity contribution in [3.8, 4) is 0 Å². The van der Waals surface area contributed by atoms with Crippen molar-refractivity contribution in [2.75, 3.05) is 0 Å². The fourth-order valence-electron chi connectivity index (χ4n) is 3.79. The summed E-state index contributed by atoms with van der Waals surface area (Å²) in [4.78, 5) is 0. The summed E-state index contributed by atoms with van der Waals surface area (Å²) in [6, 6.07) is 10.8. The van der Waals surface area contributed by atoms with Crippen LogP contribution < -0.4 is 5.73 Å². The standard InChI is InChI=1S/C19H33N/c1-5-12-16(7-3)19(20,17(8-4)13-6-2)18-14-10-9-11-15-18/h9-11,14-17H,5-8,12-13,20H2,1-4H3. The molecule has 0 radical (unpaired) electrons. The van der Waals surface area contributed by atoms with Crippen molar-refractivity contribution < 1.29 is 0 Å². The lowest BCUT2D eigenvalue weighted by molar-refractivity contribution is 0.143. The van der Waals surface area contributed by atoms with E-state index in [-0.39, 0.29) is 5.54 Å². The highest BCUT2D eigenvalue weighted by molar-refractivity contribution is 5.26. The van der Waals surface area contributed by atoms with Crippen LogP contribution in [0.2, 0.25) is 0 Å². The summed E-state index contributed by atoms with van der Waals surface area (Å²) in [5, 5.41) is 0. The second kappa shape index (κ2) is 8.46. The Labute approximate surface area is 126 Å². The van der Waals surface area contributed by atoms with Crippen LogP contribution in [0.3, 0.4) is 0 Å². The molecule has 0 amide bonds. The number of benzene rings is 1. The predicted octanol–water partition coefficient (Wildman–Crippen LogP) is 5.49. The maximum atomic E-state index is 7.10. The average Bonchev–Trinajstić information content (AvgIpc) is 2.50. The molecular weight excluding hydrogens is 242 g/mol. The molecule has 0 aromatic heterocycles. The van der Waals surface area contributed by atoms with Gasteiger partial charge in [-0.05, 0) is 30.2 Å². The minimum Gasteiger partial charge on any atom is -0.321 e. The Kier molecular flexibility index (Phi) is 7.29. The fourth-order valence-corrected chi connectivity index (χ4v) is 3.79. The molecule has 0 bridgehead atoms. The smallest absolute Gasteiger partial charge is 0.0466 e. The van der Waals surface area contributed by atoms with Crippen molar-refractivity contribution in [3.63, 3.8) is 0 Å². The summed E-state index contributed by atoms with van der Waals surface area (Å²) in [6.07, 6.45) is 7.21. The van der Waals surface area contributed by atoms with Crippen molar-refractivity contribution in [1.82, 2.24) is 0 Å². The quantitative estimate of drug-likeness (QED) is 0.633. The molecule has 0 spiro atoms. The third kappa shape index (κ3) is 3.63. The van der Waals surface area contributed by atoms with Gasteiger partial charge in [-0.15, -0.1) is 0 Å². The summed E-state index contributed by atoms with van der Waals surface area (Å²) < 4.78 is 0. The van der Waals surface area contributed by atoms with E-state index in [2.05, 4.69) is 58.0 Å². The van der Waals surface area contributed by atoms with Gasteiger partial charge in [-0.3, -0.25) is 0 Å². The van der Waals surface area contributed by atoms with Gasteiger partial charge in [0.25, 0.3) is 0 Å². The molecule has 1 aromatic rings. The first kappa shape index (κ1) is 17.2. The van der Waals surface area contributed by atoms with Crippen molar-refractivity contribution in [1.29, 1.82) is 0 Å². The number of rotatable bonds is 9. The van der Waals surface area contributed by atoms with E-state index >= 15 is 0 Å². The van der Waals surface area contributed by atoms with E-state index in [1.54, 1.807) is 0 Å². The molecule has 0 aliphatic carbocycles. The van der Waals surface area contributed by atoms with Crippen LogP contribution in [0.25, 0.3) is 0 Å². The zero-order valence-electron chi connectivity index (χ0n) is 13.9. The molecule has 2 N–H and O–H groups in total. The third-order valence-corrected chi connectivity index (χ3v) is 4.88. The monoisotopic (exact) mass is 275 g/mol. The third-order valence-electron chi connectivity index (χ3n) is 4.88. The number of hydrogen-bond acceptors (Lipinski definition) is 1. The maximum Gasteiger partial charge on any atom is 0.0466 e. The first-order chi connectivity index (χ1) is 9.64. The van der Waals surface area contributed by atoms with Gasteiger partial charge in [-0.2, -0.15) is 0 Å². The summed E-state index contributed by atoms with van der Waals surface area (Å²) in [7, 11) is 0. The van der Waals surface area contributed by atoms with Gasteiger partial charge in [-0.1, -0.05) is 83.7 Å². The Morgan fingerprint density at radius 1 is 0.850 bits per heavy atom. The molecule has 0 saturated carbocycles. The van der Waals surface area contributed by atoms with E-state index in [0.717, 1.165) is 0 Å². The molecular formula is C19H33N. The van der Waals surface area contributed by atoms with Gasteiger partial charge in [0.1, 0.15) is 0 Å². The molecule has 20 heavy (non-hydrogen) atoms. The lowest BCUT2D eigenvalue weighted by atomic mass is 9.65. The minimum absolute atomic E-state index is 0.170. The van der Waals surface area contributed by atoms with Gasteiger partial charge in [-0.25, -0.2) is 0 Å². The summed E-state index contributed by atoms with van der Waals surface area (Å²) in [5.74, 6) is 1.15. The van der Waals surface area contributed by atoms with Crippen LogP contribution in [0.5, 0.6) is 0 Å². The lowest BCUT2D eigenvalue weighted by Crippen LogP contribution is -2.50. The molecule has 0 fully saturated rings. The van der Waals surface area contributed by atoms with E-state index in [9.17, 15) is 0 Å². The summed E-state index contributed by atoms with van der Waals surface area (Å²) >= 11 is 0. The van der Waals surface area contributed by atoms with E-state index in [1.807, 2.05) is 0 Å². The molecule has 2 unspecified atom stereocenters. The molecule has 0 aliphatic heterocycles. The zero-order chi connectivity index (χ0) is 15.0. The van der Waals surface area contributed by atoms with E-state index in [0.29, 0.717) is 11.8 Å². The predicted molar refractivity (Wildman–Crippen MR) is 89.7 cm³/mol. The van der Waals surface area contributed by atoms with E-state index in [1.165, 1.54) is 44.1 Å². The second-order valence-corrected chi connectivity index (χ2v) is 6.09. The van der Waals surface area contributed by atoms with Crippen LogP contribution in [0.4, 0.5) is 0 Å². The van der Waals surface area contributed by atoms with Crippen molar-refractivity contribution in [3.05, 3.63) is 35.9 Å². The van der Waals surface area contributed by atoms with Crippen LogP contribution in [-0.2, 0) is 5.54 Å². The lowest BCUT2D eigenvalue weighted by Gasteiger charge is -2.44. The van der Waals surface area contributed by atoms with Crippen LogP contribution in [0.1, 0.15) is 71.8 Å². The molecule has 0 heterocycles. The molecule has 0 saturated heterocycles. The van der Waals surface area contributed by atoms with Crippen LogP contribution in [0, 0.1) is 11.8 Å². The van der Waals surface area contributed by atoms with Crippen LogP contribution in [0.15, 0.2) is 30.3 Å². The SMILES string of the molecule is CCCC(CC)C(N)(c1ccccc1)C(CC)CCC. The fraction of sp³-hybridized carbons (Fsp3) is 0.684. The first-order valence-electron chi connectivity index (χ1n) is 8.49. The van der Waals surface area contributed by atoms with Crippen molar-refractivity contribution in [2.45, 2.75) is 71.8 Å². The Balaban J connectivity index is 3.23. The van der Waals surface area contributed by atoms with E-state index < -0.39 is 0 Å². The summed E-state index contributed by atoms with van der Waals surface area (Å²) in [5.41, 5.74) is 8.27. The Morgan fingerprint density at radius 2 is 1.30 bits per heavy atom. The highest BCUT2D eigenvalue weighted by Gasteiger charge is 2.40. The second-order valence-electron chi connectivity index (χ2n) is 6.09. The molecule has 1 heteroatoms. The van der Waals surface area contributed by atoms with Crippen molar-refractivity contribution >= 4 is 0 Å². The number of hydrogen-bond donors (Lipinski definition) is 1. The molecule has 2 atom stereocenters. The maximum absolute atomic E-state index is 7.10. The van der Waals surface area contributed by atoms with Crippen LogP contribution >= 0.6 is 0 Å². The Morgan fingerprint density at radius 3 is 1.65 bits per heavy atom. The normalized spacial score (nSPS) is 17.4. The molecule has 114 valence electrons. The zero-order valence-corrected chi connectivity index (χ0v) is 13.9. The number of nitrogens with two attached hydrogens (primary N) is 1. The molecule has 0 aliphatic rings. The topological polar surface area (TPSA) is 26.0 Å².